The smallest absolute Gasteiger partial charge is 0.225 e. The van der Waals surface area contributed by atoms with E-state index in [9.17, 15) is 4.79 Å². The first-order valence-electron chi connectivity index (χ1n) is 8.51. The number of unbranched alkanes of at least 4 members (excludes halogenated alkanes) is 1. The number of amides is 1. The Balaban J connectivity index is 0.00000264. The number of hydrogen-bond donors (Lipinski definition) is 2. The molecule has 0 radical (unpaired) electrons. The molecule has 0 spiro atoms. The largest absolute Gasteiger partial charge is 0.352 e. The van der Waals surface area contributed by atoms with E-state index in [1.165, 1.54) is 24.0 Å². The second-order valence-corrected chi connectivity index (χ2v) is 6.12. The summed E-state index contributed by atoms with van der Waals surface area (Å²) in [6.45, 7) is 9.93. The molecule has 1 aliphatic rings. The van der Waals surface area contributed by atoms with E-state index in [2.05, 4.69) is 53.6 Å². The van der Waals surface area contributed by atoms with E-state index >= 15 is 0 Å². The normalized spacial score (nSPS) is 14.2. The van der Waals surface area contributed by atoms with Gasteiger partial charge in [-0.3, -0.25) is 9.69 Å². The van der Waals surface area contributed by atoms with Gasteiger partial charge in [-0.1, -0.05) is 44.5 Å². The van der Waals surface area contributed by atoms with Gasteiger partial charge in [0.05, 0.1) is 5.92 Å². The Morgan fingerprint density at radius 2 is 2.04 bits per heavy atom. The molecule has 0 aliphatic carbocycles. The molecule has 1 aromatic rings. The van der Waals surface area contributed by atoms with Crippen LogP contribution in [0.1, 0.15) is 37.8 Å². The summed E-state index contributed by atoms with van der Waals surface area (Å²) in [5.41, 5.74) is 2.51. The number of nitrogens with zero attached hydrogens (tertiary/aromatic N) is 1. The van der Waals surface area contributed by atoms with Gasteiger partial charge >= 0.3 is 0 Å². The molecule has 0 bridgehead atoms. The Bertz CT molecular complexity index is 477. The van der Waals surface area contributed by atoms with Gasteiger partial charge < -0.3 is 10.6 Å². The van der Waals surface area contributed by atoms with Gasteiger partial charge in [0, 0.05) is 26.2 Å². The summed E-state index contributed by atoms with van der Waals surface area (Å²) in [5.74, 6) is 0.329. The van der Waals surface area contributed by atoms with Gasteiger partial charge in [-0.05, 0) is 30.6 Å². The van der Waals surface area contributed by atoms with E-state index in [0.29, 0.717) is 6.54 Å². The minimum absolute atomic E-state index is 0. The van der Waals surface area contributed by atoms with Crippen LogP contribution in [0.25, 0.3) is 0 Å². The van der Waals surface area contributed by atoms with Gasteiger partial charge in [0.2, 0.25) is 5.91 Å². The van der Waals surface area contributed by atoms with Gasteiger partial charge in [-0.2, -0.15) is 0 Å². The average molecular weight is 340 g/mol. The number of nitrogens with one attached hydrogen (secondary N) is 2. The van der Waals surface area contributed by atoms with Crippen molar-refractivity contribution in [2.45, 2.75) is 39.8 Å². The van der Waals surface area contributed by atoms with Gasteiger partial charge in [-0.15, -0.1) is 12.4 Å². The molecular weight excluding hydrogens is 310 g/mol. The molecule has 130 valence electrons. The third kappa shape index (κ3) is 6.50. The van der Waals surface area contributed by atoms with Crippen molar-refractivity contribution in [2.24, 2.45) is 5.92 Å². The van der Waals surface area contributed by atoms with E-state index in [4.69, 9.17) is 0 Å². The molecule has 0 atom stereocenters. The van der Waals surface area contributed by atoms with Crippen LogP contribution in [0.4, 0.5) is 0 Å². The number of hydrogen-bond acceptors (Lipinski definition) is 3. The van der Waals surface area contributed by atoms with E-state index < -0.39 is 0 Å². The zero-order valence-electron chi connectivity index (χ0n) is 14.3. The topological polar surface area (TPSA) is 44.4 Å². The molecule has 2 rings (SSSR count). The average Bonchev–Trinajstić information content (AvgIpc) is 2.48. The lowest BCUT2D eigenvalue weighted by molar-refractivity contribution is -0.126. The first kappa shape index (κ1) is 19.9. The van der Waals surface area contributed by atoms with E-state index in [-0.39, 0.29) is 24.2 Å². The van der Waals surface area contributed by atoms with Gasteiger partial charge in [0.25, 0.3) is 0 Å². The van der Waals surface area contributed by atoms with Crippen LogP contribution in [0.2, 0.25) is 0 Å². The summed E-state index contributed by atoms with van der Waals surface area (Å²) in [6.07, 6.45) is 2.48. The molecule has 5 heteroatoms. The van der Waals surface area contributed by atoms with Gasteiger partial charge in [0.1, 0.15) is 0 Å². The Morgan fingerprint density at radius 3 is 2.65 bits per heavy atom. The highest BCUT2D eigenvalue weighted by Crippen LogP contribution is 2.10. The Hall–Kier alpha value is -1.10. The van der Waals surface area contributed by atoms with Crippen LogP contribution in [-0.4, -0.2) is 37.0 Å². The maximum absolute atomic E-state index is 11.9. The Morgan fingerprint density at radius 1 is 1.30 bits per heavy atom. The lowest BCUT2D eigenvalue weighted by Crippen LogP contribution is -2.50. The zero-order valence-corrected chi connectivity index (χ0v) is 15.1. The first-order valence-corrected chi connectivity index (χ1v) is 8.51. The predicted molar refractivity (Wildman–Crippen MR) is 97.8 cm³/mol. The van der Waals surface area contributed by atoms with Crippen LogP contribution in [0.15, 0.2) is 24.3 Å². The molecule has 0 saturated carbocycles. The third-order valence-electron chi connectivity index (χ3n) is 4.29. The van der Waals surface area contributed by atoms with Crippen molar-refractivity contribution in [1.82, 2.24) is 15.5 Å². The van der Waals surface area contributed by atoms with Crippen molar-refractivity contribution in [3.63, 3.8) is 0 Å². The molecule has 1 amide bonds. The lowest BCUT2D eigenvalue weighted by Gasteiger charge is -2.25. The second kappa shape index (κ2) is 10.6. The summed E-state index contributed by atoms with van der Waals surface area (Å²) in [4.78, 5) is 14.3. The number of benzene rings is 1. The summed E-state index contributed by atoms with van der Waals surface area (Å²) in [5, 5.41) is 6.16. The van der Waals surface area contributed by atoms with Crippen molar-refractivity contribution in [2.75, 3.05) is 26.2 Å². The highest BCUT2D eigenvalue weighted by molar-refractivity contribution is 5.85. The SMILES string of the molecule is CCCCN(CC)Cc1cccc(CNC(=O)C2CNC2)c1.Cl. The molecule has 0 aromatic heterocycles. The van der Waals surface area contributed by atoms with Crippen molar-refractivity contribution in [3.05, 3.63) is 35.4 Å². The van der Waals surface area contributed by atoms with Crippen LogP contribution < -0.4 is 10.6 Å². The summed E-state index contributed by atoms with van der Waals surface area (Å²) in [7, 11) is 0. The van der Waals surface area contributed by atoms with Crippen LogP contribution >= 0.6 is 12.4 Å². The quantitative estimate of drug-likeness (QED) is 0.726. The fraction of sp³-hybridized carbons (Fsp3) is 0.611. The standard InChI is InChI=1S/C18H29N3O.ClH/c1-3-5-9-21(4-2)14-16-8-6-7-15(10-16)11-20-18(22)17-12-19-13-17;/h6-8,10,17,19H,3-5,9,11-14H2,1-2H3,(H,20,22);1H. The highest BCUT2D eigenvalue weighted by atomic mass is 35.5. The fourth-order valence-corrected chi connectivity index (χ4v) is 2.63. The van der Waals surface area contributed by atoms with Gasteiger partial charge in [0.15, 0.2) is 0 Å². The van der Waals surface area contributed by atoms with Crippen LogP contribution in [0.5, 0.6) is 0 Å². The molecule has 1 heterocycles. The first-order chi connectivity index (χ1) is 10.7. The molecule has 1 aliphatic heterocycles. The third-order valence-corrected chi connectivity index (χ3v) is 4.29. The van der Waals surface area contributed by atoms with Crippen LogP contribution in [0.3, 0.4) is 0 Å². The number of carbonyl (C=O) groups excluding carboxylic acids is 1. The van der Waals surface area contributed by atoms with E-state index in [1.54, 1.807) is 0 Å². The Labute approximate surface area is 146 Å². The molecule has 1 aromatic carbocycles. The summed E-state index contributed by atoms with van der Waals surface area (Å²) >= 11 is 0. The number of rotatable bonds is 9. The molecule has 4 nitrogen and oxygen atoms in total. The fourth-order valence-electron chi connectivity index (χ4n) is 2.63. The van der Waals surface area contributed by atoms with E-state index in [1.807, 2.05) is 0 Å². The van der Waals surface area contributed by atoms with Crippen molar-refractivity contribution in [1.29, 1.82) is 0 Å². The van der Waals surface area contributed by atoms with Crippen LogP contribution in [-0.2, 0) is 17.9 Å². The van der Waals surface area contributed by atoms with Gasteiger partial charge in [-0.25, -0.2) is 0 Å². The Kier molecular flexibility index (Phi) is 9.22. The van der Waals surface area contributed by atoms with Crippen molar-refractivity contribution < 1.29 is 4.79 Å². The molecular formula is C18H30ClN3O. The number of halogens is 1. The highest BCUT2D eigenvalue weighted by Gasteiger charge is 2.24. The molecule has 0 unspecified atom stereocenters. The van der Waals surface area contributed by atoms with Crippen molar-refractivity contribution >= 4 is 18.3 Å². The molecule has 1 fully saturated rings. The minimum Gasteiger partial charge on any atom is -0.352 e. The minimum atomic E-state index is 0. The maximum Gasteiger partial charge on any atom is 0.225 e. The molecule has 23 heavy (non-hydrogen) atoms. The predicted octanol–water partition coefficient (Wildman–Crippen LogP) is 2.57. The lowest BCUT2D eigenvalue weighted by atomic mass is 10.0. The van der Waals surface area contributed by atoms with Crippen LogP contribution in [0, 0.1) is 5.92 Å². The maximum atomic E-state index is 11.9. The second-order valence-electron chi connectivity index (χ2n) is 6.12. The number of carbonyl (C=O) groups is 1. The molecule has 2 N–H and O–H groups in total. The molecule has 1 saturated heterocycles. The van der Waals surface area contributed by atoms with Crippen molar-refractivity contribution in [3.8, 4) is 0 Å². The summed E-state index contributed by atoms with van der Waals surface area (Å²) in [6, 6.07) is 8.57. The zero-order chi connectivity index (χ0) is 15.8. The van der Waals surface area contributed by atoms with E-state index in [0.717, 1.165) is 32.7 Å². The summed E-state index contributed by atoms with van der Waals surface area (Å²) < 4.78 is 0. The monoisotopic (exact) mass is 339 g/mol.